The Bertz CT molecular complexity index is 144. The lowest BCUT2D eigenvalue weighted by Gasteiger charge is -2.06. The number of nitrogens with zero attached hydrogens (tertiary/aromatic N) is 1. The van der Waals surface area contributed by atoms with E-state index in [9.17, 15) is 4.79 Å². The van der Waals surface area contributed by atoms with Crippen LogP contribution in [0.4, 0.5) is 0 Å². The van der Waals surface area contributed by atoms with Crippen molar-refractivity contribution < 1.29 is 9.90 Å². The minimum absolute atomic E-state index is 0.455. The second kappa shape index (κ2) is 6.48. The van der Waals surface area contributed by atoms with Crippen LogP contribution in [0.3, 0.4) is 0 Å². The molecule has 0 amide bonds. The number of carboxylic acid groups (broad SMARTS) is 1. The van der Waals surface area contributed by atoms with E-state index >= 15 is 0 Å². The Hall–Kier alpha value is -0.0300. The largest absolute Gasteiger partial charge is 0.480 e. The van der Waals surface area contributed by atoms with E-state index in [0.29, 0.717) is 19.4 Å². The van der Waals surface area contributed by atoms with Crippen LogP contribution in [0.25, 0.3) is 0 Å². The molecule has 1 unspecified atom stereocenters. The summed E-state index contributed by atoms with van der Waals surface area (Å²) in [4.78, 5) is 10.2. The van der Waals surface area contributed by atoms with Crippen molar-refractivity contribution in [2.45, 2.75) is 25.3 Å². The van der Waals surface area contributed by atoms with E-state index in [2.05, 4.69) is 0 Å². The van der Waals surface area contributed by atoms with Gasteiger partial charge in [0.1, 0.15) is 6.04 Å². The molecular weight excluding hydrogens is 203 g/mol. The van der Waals surface area contributed by atoms with Crippen LogP contribution < -0.4 is 5.73 Å². The monoisotopic (exact) mass is 214 g/mol. The number of rotatable bonds is 6. The molecule has 0 radical (unpaired) electrons. The number of carbonyl (C=O) groups is 1. The molecule has 0 rings (SSSR count). The highest BCUT2D eigenvalue weighted by molar-refractivity contribution is 6.33. The summed E-state index contributed by atoms with van der Waals surface area (Å²) in [7, 11) is 0. The lowest BCUT2D eigenvalue weighted by atomic mass is 10.1. The molecule has 0 aliphatic carbocycles. The van der Waals surface area contributed by atoms with Gasteiger partial charge in [0.15, 0.2) is 0 Å². The van der Waals surface area contributed by atoms with Crippen molar-refractivity contribution in [1.82, 2.24) is 3.94 Å². The molecule has 0 aromatic carbocycles. The topological polar surface area (TPSA) is 66.6 Å². The van der Waals surface area contributed by atoms with Gasteiger partial charge in [-0.05, 0) is 42.8 Å². The molecule has 0 aromatic heterocycles. The first-order chi connectivity index (χ1) is 5.54. The number of nitrogens with two attached hydrogens (primary N) is 1. The molecule has 0 aliphatic heterocycles. The first-order valence-electron chi connectivity index (χ1n) is 3.61. The first-order valence-corrected chi connectivity index (χ1v) is 4.29. The van der Waals surface area contributed by atoms with Crippen LogP contribution in [0.5, 0.6) is 0 Å². The summed E-state index contributed by atoms with van der Waals surface area (Å²) in [6.45, 7) is 0.523. The molecule has 0 aromatic rings. The Labute approximate surface area is 81.4 Å². The van der Waals surface area contributed by atoms with Gasteiger partial charge in [-0.2, -0.15) is 0 Å². The van der Waals surface area contributed by atoms with Crippen molar-refractivity contribution in [2.24, 2.45) is 5.73 Å². The minimum atomic E-state index is -0.969. The van der Waals surface area contributed by atoms with E-state index in [1.54, 1.807) is 0 Å². The lowest BCUT2D eigenvalue weighted by Crippen LogP contribution is -2.29. The van der Waals surface area contributed by atoms with E-state index in [1.807, 2.05) is 0 Å². The molecule has 72 valence electrons. The van der Waals surface area contributed by atoms with Crippen LogP contribution >= 0.6 is 23.6 Å². The fourth-order valence-corrected chi connectivity index (χ4v) is 0.958. The zero-order valence-electron chi connectivity index (χ0n) is 6.54. The van der Waals surface area contributed by atoms with Crippen LogP contribution in [0.1, 0.15) is 19.3 Å². The summed E-state index contributed by atoms with van der Waals surface area (Å²) < 4.78 is 1.02. The maximum Gasteiger partial charge on any atom is 0.320 e. The highest BCUT2D eigenvalue weighted by atomic mass is 35.5. The summed E-state index contributed by atoms with van der Waals surface area (Å²) in [5.74, 6) is -0.969. The molecule has 0 aliphatic rings. The third-order valence-electron chi connectivity index (χ3n) is 1.41. The fourth-order valence-electron chi connectivity index (χ4n) is 0.719. The smallest absolute Gasteiger partial charge is 0.320 e. The standard InChI is InChI=1S/C6H12Cl2N2O2/c7-10(8)4-2-1-3-5(9)6(11)12/h5H,1-4,9H2,(H,11,12). The highest BCUT2D eigenvalue weighted by Crippen LogP contribution is 2.05. The average molecular weight is 215 g/mol. The molecule has 4 nitrogen and oxygen atoms in total. The molecule has 6 heteroatoms. The van der Waals surface area contributed by atoms with Crippen molar-refractivity contribution in [3.05, 3.63) is 0 Å². The second-order valence-electron chi connectivity index (χ2n) is 2.47. The summed E-state index contributed by atoms with van der Waals surface area (Å²) in [5, 5.41) is 8.40. The summed E-state index contributed by atoms with van der Waals surface area (Å²) in [6.07, 6.45) is 1.91. The van der Waals surface area contributed by atoms with Crippen LogP contribution in [0, 0.1) is 0 Å². The van der Waals surface area contributed by atoms with Crippen molar-refractivity contribution in [2.75, 3.05) is 6.54 Å². The maximum atomic E-state index is 10.2. The van der Waals surface area contributed by atoms with Gasteiger partial charge in [-0.3, -0.25) is 4.79 Å². The van der Waals surface area contributed by atoms with Crippen molar-refractivity contribution in [3.8, 4) is 0 Å². The number of aliphatic carboxylic acids is 1. The van der Waals surface area contributed by atoms with E-state index in [4.69, 9.17) is 34.4 Å². The number of unbranched alkanes of at least 4 members (excludes halogenated alkanes) is 1. The molecule has 0 saturated heterocycles. The molecule has 12 heavy (non-hydrogen) atoms. The van der Waals surface area contributed by atoms with Gasteiger partial charge in [0, 0.05) is 6.54 Å². The Balaban J connectivity index is 3.25. The average Bonchev–Trinajstić information content (AvgIpc) is 1.97. The molecule has 1 atom stereocenters. The van der Waals surface area contributed by atoms with Gasteiger partial charge in [0.2, 0.25) is 0 Å². The Morgan fingerprint density at radius 1 is 1.50 bits per heavy atom. The van der Waals surface area contributed by atoms with Crippen LogP contribution in [-0.2, 0) is 4.79 Å². The van der Waals surface area contributed by atoms with Crippen molar-refractivity contribution in [1.29, 1.82) is 0 Å². The van der Waals surface area contributed by atoms with Gasteiger partial charge in [-0.1, -0.05) is 0 Å². The zero-order chi connectivity index (χ0) is 9.56. The third kappa shape index (κ3) is 6.67. The maximum absolute atomic E-state index is 10.2. The Kier molecular flexibility index (Phi) is 6.47. The Morgan fingerprint density at radius 2 is 2.08 bits per heavy atom. The molecule has 3 N–H and O–H groups in total. The predicted molar refractivity (Wildman–Crippen MR) is 47.9 cm³/mol. The molecule has 0 heterocycles. The first kappa shape index (κ1) is 12.0. The van der Waals surface area contributed by atoms with Crippen molar-refractivity contribution >= 4 is 29.5 Å². The van der Waals surface area contributed by atoms with E-state index in [1.165, 1.54) is 0 Å². The van der Waals surface area contributed by atoms with Crippen LogP contribution in [0.15, 0.2) is 0 Å². The number of hydrogen-bond acceptors (Lipinski definition) is 3. The number of carboxylic acids is 1. The molecule has 0 fully saturated rings. The lowest BCUT2D eigenvalue weighted by molar-refractivity contribution is -0.138. The third-order valence-corrected chi connectivity index (χ3v) is 1.75. The van der Waals surface area contributed by atoms with E-state index in [-0.39, 0.29) is 0 Å². The van der Waals surface area contributed by atoms with Gasteiger partial charge in [-0.25, -0.2) is 0 Å². The van der Waals surface area contributed by atoms with Crippen molar-refractivity contribution in [3.63, 3.8) is 0 Å². The molecule has 0 saturated carbocycles. The highest BCUT2D eigenvalue weighted by Gasteiger charge is 2.10. The van der Waals surface area contributed by atoms with E-state index in [0.717, 1.165) is 10.4 Å². The second-order valence-corrected chi connectivity index (χ2v) is 3.46. The van der Waals surface area contributed by atoms with Gasteiger partial charge in [0.25, 0.3) is 0 Å². The summed E-state index contributed by atoms with van der Waals surface area (Å²) >= 11 is 10.6. The van der Waals surface area contributed by atoms with Gasteiger partial charge >= 0.3 is 5.97 Å². The molecular formula is C6H12Cl2N2O2. The number of hydrogen-bond donors (Lipinski definition) is 2. The summed E-state index contributed by atoms with van der Waals surface area (Å²) in [5.41, 5.74) is 5.25. The Morgan fingerprint density at radius 3 is 2.50 bits per heavy atom. The quantitative estimate of drug-likeness (QED) is 0.515. The minimum Gasteiger partial charge on any atom is -0.480 e. The van der Waals surface area contributed by atoms with Gasteiger partial charge in [0.05, 0.1) is 0 Å². The zero-order valence-corrected chi connectivity index (χ0v) is 8.05. The fraction of sp³-hybridized carbons (Fsp3) is 0.833. The summed E-state index contributed by atoms with van der Waals surface area (Å²) in [6, 6.07) is -0.774. The van der Waals surface area contributed by atoms with Gasteiger partial charge < -0.3 is 10.8 Å². The van der Waals surface area contributed by atoms with Crippen LogP contribution in [-0.4, -0.2) is 27.6 Å². The molecule has 0 spiro atoms. The van der Waals surface area contributed by atoms with E-state index < -0.39 is 12.0 Å². The van der Waals surface area contributed by atoms with Crippen LogP contribution in [0.2, 0.25) is 0 Å². The normalized spacial score (nSPS) is 13.3. The molecule has 0 bridgehead atoms. The number of halogens is 2. The van der Waals surface area contributed by atoms with Gasteiger partial charge in [-0.15, -0.1) is 3.94 Å². The SMILES string of the molecule is NC(CCCCN(Cl)Cl)C(=O)O. The predicted octanol–water partition coefficient (Wildman–Crippen LogP) is 1.18.